The van der Waals surface area contributed by atoms with Crippen LogP contribution in [0.1, 0.15) is 92.4 Å². The predicted octanol–water partition coefficient (Wildman–Crippen LogP) is 6.55. The minimum Gasteiger partial charge on any atom is -0.480 e. The molecule has 0 aromatic rings. The van der Waals surface area contributed by atoms with Crippen LogP contribution in [0, 0.1) is 17.8 Å². The molecule has 0 heterocycles. The zero-order valence-corrected chi connectivity index (χ0v) is 20.3. The molecule has 0 aliphatic rings. The molecule has 0 saturated carbocycles. The Kier molecular flexibility index (Phi) is 17.3. The lowest BCUT2D eigenvalue weighted by Crippen LogP contribution is -2.21. The number of thioether (sulfide) groups is 1. The Morgan fingerprint density at radius 1 is 1.00 bits per heavy atom. The Labute approximate surface area is 184 Å². The SMILES string of the molecule is C/C(=C\CSCC(N=CN)C(=O)O)CCCC(C)CCCC(C)CCCC(C)C. The average molecular weight is 427 g/mol. The van der Waals surface area contributed by atoms with Gasteiger partial charge in [0.25, 0.3) is 0 Å². The van der Waals surface area contributed by atoms with Crippen molar-refractivity contribution in [2.24, 2.45) is 28.5 Å². The van der Waals surface area contributed by atoms with Gasteiger partial charge in [-0.15, -0.1) is 0 Å². The van der Waals surface area contributed by atoms with Crippen LogP contribution in [0.25, 0.3) is 0 Å². The summed E-state index contributed by atoms with van der Waals surface area (Å²) in [5.74, 6) is 2.90. The van der Waals surface area contributed by atoms with E-state index >= 15 is 0 Å². The number of carbonyl (C=O) groups is 1. The van der Waals surface area contributed by atoms with Crippen molar-refractivity contribution < 1.29 is 9.90 Å². The highest BCUT2D eigenvalue weighted by atomic mass is 32.2. The van der Waals surface area contributed by atoms with Crippen molar-refractivity contribution in [2.45, 2.75) is 98.4 Å². The summed E-state index contributed by atoms with van der Waals surface area (Å²) >= 11 is 1.59. The first-order chi connectivity index (χ1) is 13.8. The Morgan fingerprint density at radius 3 is 2.07 bits per heavy atom. The first-order valence-corrected chi connectivity index (χ1v) is 12.6. The monoisotopic (exact) mass is 426 g/mol. The third kappa shape index (κ3) is 17.6. The van der Waals surface area contributed by atoms with Crippen LogP contribution >= 0.6 is 11.8 Å². The lowest BCUT2D eigenvalue weighted by Gasteiger charge is -2.15. The van der Waals surface area contributed by atoms with Crippen LogP contribution in [0.2, 0.25) is 0 Å². The van der Waals surface area contributed by atoms with E-state index in [4.69, 9.17) is 10.8 Å². The van der Waals surface area contributed by atoms with Crippen LogP contribution in [0.3, 0.4) is 0 Å². The number of aliphatic imine (C=N–C) groups is 1. The smallest absolute Gasteiger partial charge is 0.329 e. The largest absolute Gasteiger partial charge is 0.480 e. The van der Waals surface area contributed by atoms with Gasteiger partial charge in [-0.2, -0.15) is 11.8 Å². The fraction of sp³-hybridized carbons (Fsp3) is 0.833. The molecule has 0 rings (SSSR count). The molecule has 0 aromatic heterocycles. The molecule has 3 atom stereocenters. The van der Waals surface area contributed by atoms with Gasteiger partial charge in [0.2, 0.25) is 0 Å². The quantitative estimate of drug-likeness (QED) is 0.113. The van der Waals surface area contributed by atoms with Gasteiger partial charge in [-0.3, -0.25) is 4.99 Å². The zero-order chi connectivity index (χ0) is 22.1. The maximum atomic E-state index is 11.0. The molecule has 0 aliphatic carbocycles. The molecule has 170 valence electrons. The van der Waals surface area contributed by atoms with Crippen molar-refractivity contribution >= 4 is 24.1 Å². The summed E-state index contributed by atoms with van der Waals surface area (Å²) in [5.41, 5.74) is 6.60. The normalized spacial score (nSPS) is 15.7. The summed E-state index contributed by atoms with van der Waals surface area (Å²) in [6.07, 6.45) is 15.2. The summed E-state index contributed by atoms with van der Waals surface area (Å²) in [6.45, 7) is 11.6. The van der Waals surface area contributed by atoms with Gasteiger partial charge in [-0.1, -0.05) is 84.3 Å². The van der Waals surface area contributed by atoms with E-state index in [1.807, 2.05) is 0 Å². The van der Waals surface area contributed by atoms with Gasteiger partial charge >= 0.3 is 5.97 Å². The molecule has 29 heavy (non-hydrogen) atoms. The van der Waals surface area contributed by atoms with Crippen molar-refractivity contribution in [3.05, 3.63) is 11.6 Å². The number of nitrogens with two attached hydrogens (primary N) is 1. The number of rotatable bonds is 18. The van der Waals surface area contributed by atoms with E-state index in [9.17, 15) is 4.79 Å². The van der Waals surface area contributed by atoms with Crippen molar-refractivity contribution in [2.75, 3.05) is 11.5 Å². The molecule has 0 amide bonds. The molecule has 3 N–H and O–H groups in total. The lowest BCUT2D eigenvalue weighted by molar-refractivity contribution is -0.137. The standard InChI is InChI=1S/C24H46N2O2S/c1-19(2)9-6-10-20(3)11-7-12-21(4)13-8-14-22(5)15-16-29-17-23(24(27)28)26-18-25/h15,18-21,23H,6-14,16-17H2,1-5H3,(H2,25,26)(H,27,28)/b22-15+. The Hall–Kier alpha value is -0.970. The predicted molar refractivity (Wildman–Crippen MR) is 130 cm³/mol. The number of aliphatic carboxylic acids is 1. The maximum Gasteiger partial charge on any atom is 0.329 e. The minimum atomic E-state index is -0.918. The molecular formula is C24H46N2O2S. The molecule has 5 heteroatoms. The maximum absolute atomic E-state index is 11.0. The Morgan fingerprint density at radius 2 is 1.55 bits per heavy atom. The van der Waals surface area contributed by atoms with E-state index in [0.717, 1.165) is 36.3 Å². The first-order valence-electron chi connectivity index (χ1n) is 11.5. The van der Waals surface area contributed by atoms with Gasteiger partial charge in [0.05, 0.1) is 6.34 Å². The number of carboxylic acid groups (broad SMARTS) is 1. The second-order valence-electron chi connectivity index (χ2n) is 9.10. The van der Waals surface area contributed by atoms with E-state index in [-0.39, 0.29) is 0 Å². The van der Waals surface area contributed by atoms with Crippen molar-refractivity contribution in [1.82, 2.24) is 0 Å². The molecule has 0 spiro atoms. The molecule has 0 bridgehead atoms. The lowest BCUT2D eigenvalue weighted by atomic mass is 9.91. The van der Waals surface area contributed by atoms with Crippen LogP contribution < -0.4 is 5.73 Å². The fourth-order valence-corrected chi connectivity index (χ4v) is 4.46. The highest BCUT2D eigenvalue weighted by Crippen LogP contribution is 2.22. The third-order valence-electron chi connectivity index (χ3n) is 5.52. The van der Waals surface area contributed by atoms with E-state index < -0.39 is 12.0 Å². The Balaban J connectivity index is 3.80. The van der Waals surface area contributed by atoms with Crippen LogP contribution in [-0.4, -0.2) is 35.0 Å². The highest BCUT2D eigenvalue weighted by Gasteiger charge is 2.14. The summed E-state index contributed by atoms with van der Waals surface area (Å²) in [4.78, 5) is 14.8. The number of hydrogen-bond donors (Lipinski definition) is 2. The van der Waals surface area contributed by atoms with Crippen LogP contribution in [0.5, 0.6) is 0 Å². The summed E-state index contributed by atoms with van der Waals surface area (Å²) in [7, 11) is 0. The van der Waals surface area contributed by atoms with Gasteiger partial charge in [-0.25, -0.2) is 4.79 Å². The van der Waals surface area contributed by atoms with Crippen molar-refractivity contribution in [3.63, 3.8) is 0 Å². The van der Waals surface area contributed by atoms with E-state index in [0.29, 0.717) is 5.75 Å². The van der Waals surface area contributed by atoms with Gasteiger partial charge < -0.3 is 10.8 Å². The fourth-order valence-electron chi connectivity index (χ4n) is 3.47. The number of hydrogen-bond acceptors (Lipinski definition) is 3. The molecule has 0 radical (unpaired) electrons. The Bertz CT molecular complexity index is 478. The summed E-state index contributed by atoms with van der Waals surface area (Å²) in [6, 6.07) is -0.738. The minimum absolute atomic E-state index is 0.458. The third-order valence-corrected chi connectivity index (χ3v) is 6.47. The van der Waals surface area contributed by atoms with Crippen molar-refractivity contribution in [1.29, 1.82) is 0 Å². The van der Waals surface area contributed by atoms with E-state index in [1.54, 1.807) is 11.8 Å². The summed E-state index contributed by atoms with van der Waals surface area (Å²) < 4.78 is 0. The molecule has 0 fully saturated rings. The number of nitrogens with zero attached hydrogens (tertiary/aromatic N) is 1. The van der Waals surface area contributed by atoms with E-state index in [2.05, 4.69) is 45.7 Å². The van der Waals surface area contributed by atoms with Gasteiger partial charge in [0.15, 0.2) is 6.04 Å². The van der Waals surface area contributed by atoms with Gasteiger partial charge in [0, 0.05) is 11.5 Å². The highest BCUT2D eigenvalue weighted by molar-refractivity contribution is 7.99. The topological polar surface area (TPSA) is 75.7 Å². The average Bonchev–Trinajstić information content (AvgIpc) is 2.63. The molecule has 3 unspecified atom stereocenters. The van der Waals surface area contributed by atoms with Gasteiger partial charge in [-0.05, 0) is 37.5 Å². The molecule has 0 aliphatic heterocycles. The molecule has 0 aromatic carbocycles. The van der Waals surface area contributed by atoms with Crippen LogP contribution in [0.4, 0.5) is 0 Å². The van der Waals surface area contributed by atoms with Crippen LogP contribution in [0.15, 0.2) is 16.6 Å². The number of allylic oxidation sites excluding steroid dienone is 1. The molecular weight excluding hydrogens is 380 g/mol. The molecule has 0 saturated heterocycles. The first kappa shape index (κ1) is 28.0. The summed E-state index contributed by atoms with van der Waals surface area (Å²) in [5, 5.41) is 9.03. The molecule has 4 nitrogen and oxygen atoms in total. The van der Waals surface area contributed by atoms with E-state index in [1.165, 1.54) is 56.9 Å². The number of carboxylic acids is 1. The second-order valence-corrected chi connectivity index (χ2v) is 10.2. The van der Waals surface area contributed by atoms with Gasteiger partial charge in [0.1, 0.15) is 0 Å². The second kappa shape index (κ2) is 17.9. The zero-order valence-electron chi connectivity index (χ0n) is 19.5. The van der Waals surface area contributed by atoms with Crippen molar-refractivity contribution in [3.8, 4) is 0 Å². The van der Waals surface area contributed by atoms with Crippen LogP contribution in [-0.2, 0) is 4.79 Å².